The molecule has 11 heteroatoms. The Balaban J connectivity index is 1.08. The van der Waals surface area contributed by atoms with Crippen LogP contribution in [0.3, 0.4) is 0 Å². The number of halogens is 3. The molecule has 1 aliphatic rings. The molecular weight excluding hydrogens is 579 g/mol. The Morgan fingerprint density at radius 1 is 0.889 bits per heavy atom. The van der Waals surface area contributed by atoms with Crippen molar-refractivity contribution < 1.29 is 18.0 Å². The largest absolute Gasteiger partial charge is 0.416 e. The summed E-state index contributed by atoms with van der Waals surface area (Å²) in [6.07, 6.45) is -0.0667. The van der Waals surface area contributed by atoms with E-state index < -0.39 is 11.7 Å². The molecule has 1 aliphatic heterocycles. The second-order valence-electron chi connectivity index (χ2n) is 11.4. The van der Waals surface area contributed by atoms with Gasteiger partial charge in [0.2, 0.25) is 0 Å². The SMILES string of the molecule is Cc1cc(Nc2cc(C(F)(F)F)ccn2)nc(-c2ccc(NC3CCN(C(=O)c4cc5cccc(C)c5nc4C)CC3)nc2)c1. The number of hydrogen-bond acceptors (Lipinski definition) is 7. The van der Waals surface area contributed by atoms with E-state index in [1.165, 1.54) is 0 Å². The quantitative estimate of drug-likeness (QED) is 0.205. The first-order chi connectivity index (χ1) is 21.5. The van der Waals surface area contributed by atoms with E-state index in [0.29, 0.717) is 36.0 Å². The molecule has 0 aliphatic carbocycles. The molecule has 0 spiro atoms. The number of fused-ring (bicyclic) bond motifs is 1. The van der Waals surface area contributed by atoms with Gasteiger partial charge in [0.05, 0.1) is 28.0 Å². The summed E-state index contributed by atoms with van der Waals surface area (Å²) in [7, 11) is 0. The number of carbonyl (C=O) groups excluding carboxylic acids is 1. The third-order valence-electron chi connectivity index (χ3n) is 7.98. The average molecular weight is 612 g/mol. The number of rotatable bonds is 6. The van der Waals surface area contributed by atoms with E-state index in [1.807, 2.05) is 68.1 Å². The molecule has 1 amide bonds. The van der Waals surface area contributed by atoms with Gasteiger partial charge in [-0.2, -0.15) is 13.2 Å². The number of carbonyl (C=O) groups is 1. The molecule has 0 saturated carbocycles. The van der Waals surface area contributed by atoms with Crippen LogP contribution in [0.1, 0.15) is 45.6 Å². The average Bonchev–Trinajstić information content (AvgIpc) is 3.01. The van der Waals surface area contributed by atoms with E-state index in [9.17, 15) is 18.0 Å². The van der Waals surface area contributed by atoms with Crippen molar-refractivity contribution in [1.82, 2.24) is 24.8 Å². The Hall–Kier alpha value is -5.06. The lowest BCUT2D eigenvalue weighted by atomic mass is 10.0. The molecule has 2 N–H and O–H groups in total. The fourth-order valence-electron chi connectivity index (χ4n) is 5.58. The topological polar surface area (TPSA) is 95.9 Å². The fourth-order valence-corrected chi connectivity index (χ4v) is 5.58. The predicted molar refractivity (Wildman–Crippen MR) is 168 cm³/mol. The molecule has 230 valence electrons. The van der Waals surface area contributed by atoms with Crippen LogP contribution < -0.4 is 10.6 Å². The summed E-state index contributed by atoms with van der Waals surface area (Å²) >= 11 is 0. The number of amides is 1. The number of likely N-dealkylation sites (tertiary alicyclic amines) is 1. The molecule has 1 fully saturated rings. The molecule has 8 nitrogen and oxygen atoms in total. The molecule has 5 aromatic rings. The highest BCUT2D eigenvalue weighted by atomic mass is 19.4. The zero-order valence-electron chi connectivity index (χ0n) is 25.1. The fraction of sp³-hybridized carbons (Fsp3) is 0.265. The number of piperidine rings is 1. The van der Waals surface area contributed by atoms with Crippen molar-refractivity contribution in [1.29, 1.82) is 0 Å². The Labute approximate surface area is 258 Å². The Morgan fingerprint density at radius 2 is 1.69 bits per heavy atom. The van der Waals surface area contributed by atoms with Gasteiger partial charge in [-0.25, -0.2) is 15.0 Å². The Kier molecular flexibility index (Phi) is 8.09. The molecule has 0 atom stereocenters. The number of pyridine rings is 4. The van der Waals surface area contributed by atoms with Gasteiger partial charge in [-0.1, -0.05) is 18.2 Å². The van der Waals surface area contributed by atoms with Crippen LogP contribution in [0, 0.1) is 20.8 Å². The van der Waals surface area contributed by atoms with Gasteiger partial charge in [-0.05, 0) is 87.2 Å². The van der Waals surface area contributed by atoms with E-state index in [2.05, 4.69) is 25.6 Å². The van der Waals surface area contributed by atoms with E-state index in [-0.39, 0.29) is 17.8 Å². The smallest absolute Gasteiger partial charge is 0.367 e. The molecular formula is C34H32F3N7O. The van der Waals surface area contributed by atoms with Gasteiger partial charge in [-0.3, -0.25) is 9.78 Å². The van der Waals surface area contributed by atoms with Crippen LogP contribution in [0.5, 0.6) is 0 Å². The third-order valence-corrected chi connectivity index (χ3v) is 7.98. The summed E-state index contributed by atoms with van der Waals surface area (Å²) in [6.45, 7) is 7.05. The van der Waals surface area contributed by atoms with Crippen LogP contribution in [0.4, 0.5) is 30.6 Å². The lowest BCUT2D eigenvalue weighted by Crippen LogP contribution is -2.42. The standard InChI is InChI=1S/C34H32F3N7O/c1-20-15-28(42-31(16-20)43-30-18-25(9-12-38-30)34(35,36)37)24-7-8-29(39-19-24)41-26-10-13-44(14-11-26)33(45)27-17-23-6-4-5-21(2)32(23)40-22(27)3/h4-9,12,15-19,26H,10-11,13-14H2,1-3H3,(H,39,41)(H,38,42,43). The van der Waals surface area contributed by atoms with Crippen LogP contribution >= 0.6 is 0 Å². The second kappa shape index (κ2) is 12.1. The Bertz CT molecular complexity index is 1870. The highest BCUT2D eigenvalue weighted by molar-refractivity contribution is 5.99. The van der Waals surface area contributed by atoms with Crippen LogP contribution in [-0.2, 0) is 6.18 Å². The van der Waals surface area contributed by atoms with E-state index in [1.54, 1.807) is 12.3 Å². The molecule has 1 aromatic carbocycles. The van der Waals surface area contributed by atoms with Gasteiger partial charge < -0.3 is 15.5 Å². The number of alkyl halides is 3. The van der Waals surface area contributed by atoms with E-state index >= 15 is 0 Å². The number of para-hydroxylation sites is 1. The van der Waals surface area contributed by atoms with Crippen molar-refractivity contribution in [3.05, 3.63) is 101 Å². The summed E-state index contributed by atoms with van der Waals surface area (Å²) in [6, 6.07) is 17.4. The lowest BCUT2D eigenvalue weighted by Gasteiger charge is -2.33. The van der Waals surface area contributed by atoms with Crippen molar-refractivity contribution in [2.75, 3.05) is 23.7 Å². The van der Waals surface area contributed by atoms with Gasteiger partial charge in [0, 0.05) is 42.5 Å². The maximum absolute atomic E-state index is 13.4. The normalized spacial score (nSPS) is 14.0. The molecule has 5 heterocycles. The maximum atomic E-state index is 13.4. The van der Waals surface area contributed by atoms with Gasteiger partial charge in [-0.15, -0.1) is 0 Å². The van der Waals surface area contributed by atoms with Gasteiger partial charge in [0.1, 0.15) is 17.5 Å². The van der Waals surface area contributed by atoms with Crippen molar-refractivity contribution >= 4 is 34.3 Å². The minimum atomic E-state index is -4.46. The van der Waals surface area contributed by atoms with Crippen LogP contribution in [-0.4, -0.2) is 49.9 Å². The molecule has 0 bridgehead atoms. The molecule has 45 heavy (non-hydrogen) atoms. The molecule has 4 aromatic heterocycles. The van der Waals surface area contributed by atoms with E-state index in [4.69, 9.17) is 4.98 Å². The molecule has 0 unspecified atom stereocenters. The van der Waals surface area contributed by atoms with Crippen molar-refractivity contribution in [2.45, 2.75) is 45.8 Å². The van der Waals surface area contributed by atoms with Crippen molar-refractivity contribution in [3.63, 3.8) is 0 Å². The number of hydrogen-bond donors (Lipinski definition) is 2. The summed E-state index contributed by atoms with van der Waals surface area (Å²) in [5.41, 5.74) is 4.88. The number of aromatic nitrogens is 4. The summed E-state index contributed by atoms with van der Waals surface area (Å²) in [4.78, 5) is 33.2. The number of aryl methyl sites for hydroxylation is 3. The second-order valence-corrected chi connectivity index (χ2v) is 11.4. The number of nitrogens with zero attached hydrogens (tertiary/aromatic N) is 5. The minimum Gasteiger partial charge on any atom is -0.367 e. The summed E-state index contributed by atoms with van der Waals surface area (Å²) in [5.74, 6) is 1.16. The van der Waals surface area contributed by atoms with E-state index in [0.717, 1.165) is 64.5 Å². The minimum absolute atomic E-state index is 0.00712. The summed E-state index contributed by atoms with van der Waals surface area (Å²) in [5, 5.41) is 7.33. The predicted octanol–water partition coefficient (Wildman–Crippen LogP) is 7.49. The third kappa shape index (κ3) is 6.72. The number of nitrogens with one attached hydrogen (secondary N) is 2. The molecule has 6 rings (SSSR count). The van der Waals surface area contributed by atoms with Crippen molar-refractivity contribution in [3.8, 4) is 11.3 Å². The Morgan fingerprint density at radius 3 is 2.42 bits per heavy atom. The highest BCUT2D eigenvalue weighted by Crippen LogP contribution is 2.31. The number of anilines is 3. The number of benzene rings is 1. The van der Waals surface area contributed by atoms with Crippen LogP contribution in [0.15, 0.2) is 73.1 Å². The monoisotopic (exact) mass is 611 g/mol. The highest BCUT2D eigenvalue weighted by Gasteiger charge is 2.31. The summed E-state index contributed by atoms with van der Waals surface area (Å²) < 4.78 is 39.3. The molecule has 0 radical (unpaired) electrons. The zero-order valence-corrected chi connectivity index (χ0v) is 25.1. The lowest BCUT2D eigenvalue weighted by molar-refractivity contribution is -0.137. The van der Waals surface area contributed by atoms with Gasteiger partial charge >= 0.3 is 6.18 Å². The van der Waals surface area contributed by atoms with Crippen LogP contribution in [0.25, 0.3) is 22.2 Å². The molecule has 1 saturated heterocycles. The van der Waals surface area contributed by atoms with Crippen molar-refractivity contribution in [2.24, 2.45) is 0 Å². The first-order valence-electron chi connectivity index (χ1n) is 14.7. The first kappa shape index (κ1) is 30.0. The zero-order chi connectivity index (χ0) is 31.7. The van der Waals surface area contributed by atoms with Gasteiger partial charge in [0.15, 0.2) is 0 Å². The van der Waals surface area contributed by atoms with Crippen LogP contribution in [0.2, 0.25) is 0 Å². The maximum Gasteiger partial charge on any atom is 0.416 e. The van der Waals surface area contributed by atoms with Gasteiger partial charge in [0.25, 0.3) is 5.91 Å². The first-order valence-corrected chi connectivity index (χ1v) is 14.7.